The largest absolute Gasteiger partial charge is 0.286 e. The van der Waals surface area contributed by atoms with E-state index in [4.69, 9.17) is 7.85 Å². The van der Waals surface area contributed by atoms with Crippen molar-refractivity contribution in [2.45, 2.75) is 18.7 Å². The van der Waals surface area contributed by atoms with Crippen molar-refractivity contribution in [1.82, 2.24) is 4.90 Å². The van der Waals surface area contributed by atoms with Crippen molar-refractivity contribution in [3.63, 3.8) is 0 Å². The number of piperidine rings is 1. The zero-order valence-corrected chi connectivity index (χ0v) is 5.83. The van der Waals surface area contributed by atoms with Crippen LogP contribution in [0.1, 0.15) is 12.8 Å². The van der Waals surface area contributed by atoms with Gasteiger partial charge in [0, 0.05) is 19.3 Å². The second-order valence-corrected chi connectivity index (χ2v) is 2.44. The minimum Gasteiger partial charge on any atom is -0.286 e. The van der Waals surface area contributed by atoms with E-state index in [-0.39, 0.29) is 11.8 Å². The number of imide groups is 1. The van der Waals surface area contributed by atoms with Gasteiger partial charge in [0.15, 0.2) is 0 Å². The molecular weight excluding hydrogens is 129 g/mol. The van der Waals surface area contributed by atoms with Crippen molar-refractivity contribution in [3.8, 4) is 0 Å². The summed E-state index contributed by atoms with van der Waals surface area (Å²) in [4.78, 5) is 22.8. The molecule has 1 fully saturated rings. The van der Waals surface area contributed by atoms with Crippen LogP contribution in [0.4, 0.5) is 0 Å². The average molecular weight is 137 g/mol. The van der Waals surface area contributed by atoms with Crippen LogP contribution in [0.5, 0.6) is 0 Å². The molecule has 2 amide bonds. The second-order valence-electron chi connectivity index (χ2n) is 2.44. The van der Waals surface area contributed by atoms with Gasteiger partial charge in [0.1, 0.15) is 0 Å². The lowest BCUT2D eigenvalue weighted by atomic mass is 9.80. The van der Waals surface area contributed by atoms with E-state index in [0.717, 1.165) is 4.90 Å². The van der Waals surface area contributed by atoms with Gasteiger partial charge in [0.2, 0.25) is 11.8 Å². The fourth-order valence-corrected chi connectivity index (χ4v) is 0.942. The van der Waals surface area contributed by atoms with Crippen molar-refractivity contribution in [2.24, 2.45) is 0 Å². The fourth-order valence-electron chi connectivity index (χ4n) is 0.942. The van der Waals surface area contributed by atoms with E-state index in [1.54, 1.807) is 0 Å². The lowest BCUT2D eigenvalue weighted by molar-refractivity contribution is -0.145. The molecule has 0 N–H and O–H groups in total. The Balaban J connectivity index is 2.70. The number of carbonyl (C=O) groups excluding carboxylic acids is 2. The Morgan fingerprint density at radius 1 is 1.60 bits per heavy atom. The van der Waals surface area contributed by atoms with Gasteiger partial charge in [-0.3, -0.25) is 14.5 Å². The highest BCUT2D eigenvalue weighted by Crippen LogP contribution is 2.18. The van der Waals surface area contributed by atoms with Crippen molar-refractivity contribution < 1.29 is 9.59 Å². The highest BCUT2D eigenvalue weighted by atomic mass is 16.2. The van der Waals surface area contributed by atoms with Crippen molar-refractivity contribution in [2.75, 3.05) is 7.05 Å². The van der Waals surface area contributed by atoms with E-state index in [1.165, 1.54) is 7.05 Å². The Kier molecular flexibility index (Phi) is 1.79. The number of likely N-dealkylation sites (tertiary alicyclic amines) is 1. The standard InChI is InChI=1S/C6H8BNO2/c1-8-5(9)3-2-4(7)6(8)10/h4H,2-3H2,1H3/t4-/m0/s1. The molecule has 52 valence electrons. The maximum absolute atomic E-state index is 10.9. The molecule has 4 heteroatoms. The molecule has 0 bridgehead atoms. The molecule has 1 atom stereocenters. The number of amides is 2. The second kappa shape index (κ2) is 2.44. The minimum atomic E-state index is -0.470. The third-order valence-corrected chi connectivity index (χ3v) is 1.69. The molecule has 0 aromatic heterocycles. The predicted octanol–water partition coefficient (Wildman–Crippen LogP) is -0.278. The zero-order chi connectivity index (χ0) is 7.72. The quantitative estimate of drug-likeness (QED) is 0.340. The molecule has 0 aliphatic carbocycles. The van der Waals surface area contributed by atoms with E-state index in [1.807, 2.05) is 0 Å². The summed E-state index contributed by atoms with van der Waals surface area (Å²) in [6.45, 7) is 0. The number of carbonyl (C=O) groups is 2. The molecule has 2 radical (unpaired) electrons. The van der Waals surface area contributed by atoms with Crippen molar-refractivity contribution in [3.05, 3.63) is 0 Å². The van der Waals surface area contributed by atoms with E-state index in [0.29, 0.717) is 12.8 Å². The monoisotopic (exact) mass is 137 g/mol. The minimum absolute atomic E-state index is 0.133. The Labute approximate surface area is 60.8 Å². The normalized spacial score (nSPS) is 27.3. The fraction of sp³-hybridized carbons (Fsp3) is 0.667. The third-order valence-electron chi connectivity index (χ3n) is 1.69. The number of hydrogen-bond acceptors (Lipinski definition) is 2. The Morgan fingerprint density at radius 3 is 2.70 bits per heavy atom. The van der Waals surface area contributed by atoms with Gasteiger partial charge in [-0.25, -0.2) is 0 Å². The van der Waals surface area contributed by atoms with Crippen LogP contribution >= 0.6 is 0 Å². The summed E-state index contributed by atoms with van der Waals surface area (Å²) < 4.78 is 0. The van der Waals surface area contributed by atoms with Crippen LogP contribution in [0, 0.1) is 0 Å². The van der Waals surface area contributed by atoms with E-state index in [9.17, 15) is 9.59 Å². The SMILES string of the molecule is [B][C@H]1CCC(=O)N(C)C1=O. The van der Waals surface area contributed by atoms with E-state index >= 15 is 0 Å². The van der Waals surface area contributed by atoms with Gasteiger partial charge in [-0.1, -0.05) is 0 Å². The van der Waals surface area contributed by atoms with Crippen LogP contribution in [0.15, 0.2) is 0 Å². The first-order valence-electron chi connectivity index (χ1n) is 3.19. The van der Waals surface area contributed by atoms with Gasteiger partial charge in [-0.2, -0.15) is 0 Å². The summed E-state index contributed by atoms with van der Waals surface area (Å²) in [5.41, 5.74) is 0. The summed E-state index contributed by atoms with van der Waals surface area (Å²) in [7, 11) is 6.85. The molecular formula is C6H8BNO2. The molecule has 1 rings (SSSR count). The predicted molar refractivity (Wildman–Crippen MR) is 36.5 cm³/mol. The highest BCUT2D eigenvalue weighted by Gasteiger charge is 2.27. The lowest BCUT2D eigenvalue weighted by Gasteiger charge is -2.25. The van der Waals surface area contributed by atoms with Crippen LogP contribution in [0.25, 0.3) is 0 Å². The van der Waals surface area contributed by atoms with E-state index in [2.05, 4.69) is 0 Å². The summed E-state index contributed by atoms with van der Waals surface area (Å²) in [6.07, 6.45) is 0.880. The summed E-state index contributed by atoms with van der Waals surface area (Å²) in [5.74, 6) is -0.870. The van der Waals surface area contributed by atoms with Crippen molar-refractivity contribution >= 4 is 19.7 Å². The van der Waals surface area contributed by atoms with Crippen LogP contribution in [0.2, 0.25) is 5.82 Å². The number of hydrogen-bond donors (Lipinski definition) is 0. The maximum atomic E-state index is 10.9. The summed E-state index contributed by atoms with van der Waals surface area (Å²) >= 11 is 0. The van der Waals surface area contributed by atoms with Crippen LogP contribution in [-0.2, 0) is 9.59 Å². The molecule has 1 aliphatic heterocycles. The van der Waals surface area contributed by atoms with E-state index < -0.39 is 5.82 Å². The Hall–Kier alpha value is -0.795. The zero-order valence-electron chi connectivity index (χ0n) is 5.83. The molecule has 0 unspecified atom stereocenters. The first kappa shape index (κ1) is 7.31. The molecule has 0 spiro atoms. The van der Waals surface area contributed by atoms with Crippen molar-refractivity contribution in [1.29, 1.82) is 0 Å². The summed E-state index contributed by atoms with van der Waals surface area (Å²) in [6, 6.07) is 0. The van der Waals surface area contributed by atoms with Gasteiger partial charge >= 0.3 is 0 Å². The molecule has 1 saturated heterocycles. The van der Waals surface area contributed by atoms with Crippen LogP contribution < -0.4 is 0 Å². The van der Waals surface area contributed by atoms with Crippen LogP contribution in [-0.4, -0.2) is 31.6 Å². The van der Waals surface area contributed by atoms with Gasteiger partial charge in [-0.05, 0) is 6.42 Å². The number of rotatable bonds is 0. The summed E-state index contributed by atoms with van der Waals surface area (Å²) in [5, 5.41) is 0. The topological polar surface area (TPSA) is 37.4 Å². The smallest absolute Gasteiger partial charge is 0.228 e. The maximum Gasteiger partial charge on any atom is 0.228 e. The van der Waals surface area contributed by atoms with Crippen LogP contribution in [0.3, 0.4) is 0 Å². The van der Waals surface area contributed by atoms with Gasteiger partial charge in [-0.15, -0.1) is 0 Å². The lowest BCUT2D eigenvalue weighted by Crippen LogP contribution is -2.39. The Morgan fingerprint density at radius 2 is 2.20 bits per heavy atom. The first-order chi connectivity index (χ1) is 4.63. The molecule has 0 saturated carbocycles. The average Bonchev–Trinajstić information content (AvgIpc) is 1.93. The molecule has 0 aromatic carbocycles. The molecule has 0 aromatic rings. The van der Waals surface area contributed by atoms with Gasteiger partial charge < -0.3 is 0 Å². The molecule has 1 aliphatic rings. The Bertz CT molecular complexity index is 181. The highest BCUT2D eigenvalue weighted by molar-refractivity contribution is 6.26. The third kappa shape index (κ3) is 1.06. The number of nitrogens with zero attached hydrogens (tertiary/aromatic N) is 1. The molecule has 3 nitrogen and oxygen atoms in total. The molecule has 1 heterocycles. The van der Waals surface area contributed by atoms with Gasteiger partial charge in [0.25, 0.3) is 0 Å². The molecule has 10 heavy (non-hydrogen) atoms. The first-order valence-corrected chi connectivity index (χ1v) is 3.19. The van der Waals surface area contributed by atoms with Gasteiger partial charge in [0.05, 0.1) is 7.85 Å².